The van der Waals surface area contributed by atoms with Crippen LogP contribution < -0.4 is 11.1 Å². The molecule has 0 saturated heterocycles. The van der Waals surface area contributed by atoms with Crippen molar-refractivity contribution in [1.29, 1.82) is 0 Å². The number of benzene rings is 2. The van der Waals surface area contributed by atoms with Crippen LogP contribution in [0.5, 0.6) is 0 Å². The second kappa shape index (κ2) is 6.45. The fraction of sp³-hybridized carbons (Fsp3) is 0.188. The number of nitrogens with one attached hydrogen (secondary N) is 1. The maximum absolute atomic E-state index is 13.2. The molecule has 2 rings (SSSR count). The van der Waals surface area contributed by atoms with Crippen LogP contribution in [0, 0.1) is 11.6 Å². The molecule has 0 unspecified atom stereocenters. The molecule has 0 aliphatic heterocycles. The number of rotatable bonds is 5. The van der Waals surface area contributed by atoms with Crippen LogP contribution in [0.3, 0.4) is 0 Å². The lowest BCUT2D eigenvalue weighted by Gasteiger charge is -2.14. The molecule has 0 aliphatic carbocycles. The molecule has 21 heavy (non-hydrogen) atoms. The van der Waals surface area contributed by atoms with Crippen molar-refractivity contribution < 1.29 is 13.6 Å². The minimum Gasteiger partial charge on any atom is -0.366 e. The van der Waals surface area contributed by atoms with Gasteiger partial charge < -0.3 is 11.1 Å². The van der Waals surface area contributed by atoms with Gasteiger partial charge in [-0.1, -0.05) is 18.2 Å². The van der Waals surface area contributed by atoms with Crippen molar-refractivity contribution in [2.24, 2.45) is 5.73 Å². The predicted octanol–water partition coefficient (Wildman–Crippen LogP) is 2.91. The second-order valence-electron chi connectivity index (χ2n) is 4.84. The summed E-state index contributed by atoms with van der Waals surface area (Å²) < 4.78 is 26.1. The van der Waals surface area contributed by atoms with Gasteiger partial charge in [-0.25, -0.2) is 8.78 Å². The summed E-state index contributed by atoms with van der Waals surface area (Å²) >= 11 is 0. The third-order valence-corrected chi connectivity index (χ3v) is 3.29. The van der Waals surface area contributed by atoms with Crippen molar-refractivity contribution in [3.63, 3.8) is 0 Å². The van der Waals surface area contributed by atoms with Crippen LogP contribution in [0.4, 0.5) is 8.78 Å². The van der Waals surface area contributed by atoms with E-state index in [0.29, 0.717) is 17.7 Å². The highest BCUT2D eigenvalue weighted by atomic mass is 19.2. The van der Waals surface area contributed by atoms with E-state index in [1.807, 2.05) is 6.92 Å². The van der Waals surface area contributed by atoms with Crippen LogP contribution in [0.25, 0.3) is 0 Å². The van der Waals surface area contributed by atoms with Gasteiger partial charge in [0.05, 0.1) is 0 Å². The van der Waals surface area contributed by atoms with Crippen LogP contribution in [0.2, 0.25) is 0 Å². The predicted molar refractivity (Wildman–Crippen MR) is 76.6 cm³/mol. The molecule has 0 fully saturated rings. The molecule has 0 radical (unpaired) electrons. The average Bonchev–Trinajstić information content (AvgIpc) is 2.48. The maximum Gasteiger partial charge on any atom is 0.248 e. The minimum atomic E-state index is -0.855. The Bertz CT molecular complexity index is 641. The zero-order chi connectivity index (χ0) is 15.4. The molecule has 0 aromatic heterocycles. The molecule has 0 aliphatic rings. The highest BCUT2D eigenvalue weighted by molar-refractivity contribution is 5.92. The Kier molecular flexibility index (Phi) is 4.65. The van der Waals surface area contributed by atoms with Gasteiger partial charge in [0.25, 0.3) is 0 Å². The molecule has 0 bridgehead atoms. The molecular weight excluding hydrogens is 274 g/mol. The van der Waals surface area contributed by atoms with Gasteiger partial charge in [0.2, 0.25) is 5.91 Å². The van der Waals surface area contributed by atoms with Crippen molar-refractivity contribution in [3.8, 4) is 0 Å². The molecule has 1 atom stereocenters. The van der Waals surface area contributed by atoms with E-state index < -0.39 is 17.5 Å². The lowest BCUT2D eigenvalue weighted by Crippen LogP contribution is -2.18. The van der Waals surface area contributed by atoms with E-state index in [-0.39, 0.29) is 6.04 Å². The number of hydrogen-bond acceptors (Lipinski definition) is 2. The van der Waals surface area contributed by atoms with Crippen LogP contribution in [0.1, 0.15) is 34.5 Å². The van der Waals surface area contributed by atoms with E-state index in [2.05, 4.69) is 5.32 Å². The lowest BCUT2D eigenvalue weighted by molar-refractivity contribution is 0.100. The zero-order valence-corrected chi connectivity index (χ0v) is 11.6. The smallest absolute Gasteiger partial charge is 0.248 e. The Morgan fingerprint density at radius 1 is 1.14 bits per heavy atom. The van der Waals surface area contributed by atoms with Gasteiger partial charge in [-0.15, -0.1) is 0 Å². The molecule has 1 amide bonds. The quantitative estimate of drug-likeness (QED) is 0.889. The molecule has 110 valence electrons. The number of hydrogen-bond donors (Lipinski definition) is 2. The lowest BCUT2D eigenvalue weighted by atomic mass is 10.1. The molecule has 3 nitrogen and oxygen atoms in total. The minimum absolute atomic E-state index is 0.129. The molecule has 3 N–H and O–H groups in total. The number of amides is 1. The first-order chi connectivity index (χ1) is 9.97. The van der Waals surface area contributed by atoms with Crippen LogP contribution >= 0.6 is 0 Å². The molecule has 2 aromatic rings. The molecular formula is C16H16F2N2O. The van der Waals surface area contributed by atoms with Crippen molar-refractivity contribution in [1.82, 2.24) is 5.32 Å². The van der Waals surface area contributed by atoms with E-state index in [4.69, 9.17) is 5.73 Å². The van der Waals surface area contributed by atoms with Crippen molar-refractivity contribution in [2.45, 2.75) is 19.5 Å². The average molecular weight is 290 g/mol. The Labute approximate surface area is 121 Å². The summed E-state index contributed by atoms with van der Waals surface area (Å²) in [6.07, 6.45) is 0. The zero-order valence-electron chi connectivity index (χ0n) is 11.6. The van der Waals surface area contributed by atoms with Gasteiger partial charge in [-0.05, 0) is 42.3 Å². The number of halogens is 2. The highest BCUT2D eigenvalue weighted by Crippen LogP contribution is 2.16. The molecule has 0 spiro atoms. The van der Waals surface area contributed by atoms with E-state index in [9.17, 15) is 13.6 Å². The van der Waals surface area contributed by atoms with Gasteiger partial charge in [0.15, 0.2) is 11.6 Å². The molecule has 0 saturated carbocycles. The van der Waals surface area contributed by atoms with Gasteiger partial charge in [0, 0.05) is 18.2 Å². The fourth-order valence-corrected chi connectivity index (χ4v) is 1.96. The largest absolute Gasteiger partial charge is 0.366 e. The summed E-state index contributed by atoms with van der Waals surface area (Å²) in [7, 11) is 0. The normalized spacial score (nSPS) is 12.1. The molecule has 2 aromatic carbocycles. The van der Waals surface area contributed by atoms with E-state index in [0.717, 1.165) is 11.6 Å². The first kappa shape index (κ1) is 15.1. The molecule has 0 heterocycles. The van der Waals surface area contributed by atoms with Crippen LogP contribution in [-0.4, -0.2) is 5.91 Å². The van der Waals surface area contributed by atoms with Gasteiger partial charge in [-0.2, -0.15) is 0 Å². The third kappa shape index (κ3) is 3.86. The monoisotopic (exact) mass is 290 g/mol. The number of primary amides is 1. The Morgan fingerprint density at radius 2 is 1.81 bits per heavy atom. The fourth-order valence-electron chi connectivity index (χ4n) is 1.96. The van der Waals surface area contributed by atoms with Gasteiger partial charge in [-0.3, -0.25) is 4.79 Å². The Hall–Kier alpha value is -2.27. The summed E-state index contributed by atoms with van der Waals surface area (Å²) in [4.78, 5) is 11.0. The summed E-state index contributed by atoms with van der Waals surface area (Å²) in [5.41, 5.74) is 7.26. The SMILES string of the molecule is C[C@@H](NCc1ccc(C(N)=O)cc1)c1ccc(F)c(F)c1. The van der Waals surface area contributed by atoms with Gasteiger partial charge in [0.1, 0.15) is 0 Å². The topological polar surface area (TPSA) is 55.1 Å². The summed E-state index contributed by atoms with van der Waals surface area (Å²) in [6.45, 7) is 2.41. The summed E-state index contributed by atoms with van der Waals surface area (Å²) in [5, 5.41) is 3.21. The van der Waals surface area contributed by atoms with Gasteiger partial charge >= 0.3 is 0 Å². The standard InChI is InChI=1S/C16H16F2N2O/c1-10(13-6-7-14(17)15(18)8-13)20-9-11-2-4-12(5-3-11)16(19)21/h2-8,10,20H,9H2,1H3,(H2,19,21)/t10-/m1/s1. The summed E-state index contributed by atoms with van der Waals surface area (Å²) in [5.74, 6) is -2.18. The number of carbonyl (C=O) groups is 1. The van der Waals surface area contributed by atoms with Crippen LogP contribution in [0.15, 0.2) is 42.5 Å². The Morgan fingerprint density at radius 3 is 2.38 bits per heavy atom. The number of nitrogens with two attached hydrogens (primary N) is 1. The van der Waals surface area contributed by atoms with Crippen molar-refractivity contribution >= 4 is 5.91 Å². The highest BCUT2D eigenvalue weighted by Gasteiger charge is 2.09. The van der Waals surface area contributed by atoms with Crippen molar-refractivity contribution in [2.75, 3.05) is 0 Å². The first-order valence-electron chi connectivity index (χ1n) is 6.54. The third-order valence-electron chi connectivity index (χ3n) is 3.29. The van der Waals surface area contributed by atoms with E-state index in [1.165, 1.54) is 6.07 Å². The first-order valence-corrected chi connectivity index (χ1v) is 6.54. The molecule has 5 heteroatoms. The Balaban J connectivity index is 1.98. The number of carbonyl (C=O) groups excluding carboxylic acids is 1. The van der Waals surface area contributed by atoms with E-state index in [1.54, 1.807) is 30.3 Å². The van der Waals surface area contributed by atoms with Crippen LogP contribution in [-0.2, 0) is 6.54 Å². The summed E-state index contributed by atoms with van der Waals surface area (Å²) in [6, 6.07) is 10.6. The van der Waals surface area contributed by atoms with E-state index >= 15 is 0 Å². The second-order valence-corrected chi connectivity index (χ2v) is 4.84. The maximum atomic E-state index is 13.2. The van der Waals surface area contributed by atoms with Crippen molar-refractivity contribution in [3.05, 3.63) is 70.8 Å².